The molecule has 0 aliphatic heterocycles. The molecule has 0 aliphatic rings. The van der Waals surface area contributed by atoms with E-state index >= 15 is 0 Å². The Kier molecular flexibility index (Phi) is 2.76. The van der Waals surface area contributed by atoms with Crippen molar-refractivity contribution in [2.75, 3.05) is 7.11 Å². The third-order valence-corrected chi connectivity index (χ3v) is 2.85. The second-order valence-electron chi connectivity index (χ2n) is 4.06. The summed E-state index contributed by atoms with van der Waals surface area (Å²) in [6, 6.07) is 15.6. The van der Waals surface area contributed by atoms with Crippen molar-refractivity contribution < 1.29 is 13.9 Å². The molecule has 4 nitrogen and oxygen atoms in total. The van der Waals surface area contributed by atoms with E-state index in [4.69, 9.17) is 4.42 Å². The summed E-state index contributed by atoms with van der Waals surface area (Å²) in [5, 5.41) is 0. The van der Waals surface area contributed by atoms with Crippen LogP contribution in [0.1, 0.15) is 10.7 Å². The van der Waals surface area contributed by atoms with Gasteiger partial charge in [-0.1, -0.05) is 36.4 Å². The summed E-state index contributed by atoms with van der Waals surface area (Å²) in [7, 11) is 1.30. The van der Waals surface area contributed by atoms with Gasteiger partial charge in [0.15, 0.2) is 5.58 Å². The Morgan fingerprint density at radius 3 is 2.63 bits per heavy atom. The van der Waals surface area contributed by atoms with Gasteiger partial charge in [-0.15, -0.1) is 0 Å². The molecule has 0 fully saturated rings. The summed E-state index contributed by atoms with van der Waals surface area (Å²) in [5.41, 5.74) is 3.33. The average Bonchev–Trinajstić information content (AvgIpc) is 2.90. The van der Waals surface area contributed by atoms with Crippen LogP contribution in [0.3, 0.4) is 0 Å². The molecule has 3 aromatic rings. The van der Waals surface area contributed by atoms with Crippen LogP contribution < -0.4 is 0 Å². The Labute approximate surface area is 109 Å². The summed E-state index contributed by atoms with van der Waals surface area (Å²) < 4.78 is 9.91. The van der Waals surface area contributed by atoms with Crippen molar-refractivity contribution >= 4 is 17.1 Å². The first-order chi connectivity index (χ1) is 9.28. The highest BCUT2D eigenvalue weighted by atomic mass is 16.5. The van der Waals surface area contributed by atoms with Gasteiger partial charge in [-0.2, -0.15) is 0 Å². The van der Waals surface area contributed by atoms with Gasteiger partial charge in [0.05, 0.1) is 7.11 Å². The van der Waals surface area contributed by atoms with Crippen molar-refractivity contribution in [1.82, 2.24) is 4.98 Å². The number of benzene rings is 2. The summed E-state index contributed by atoms with van der Waals surface area (Å²) in [4.78, 5) is 15.5. The standard InChI is InChI=1S/C15H11NO3/c1-18-15(17)14-16-12-9-11(7-8-13(12)19-14)10-5-3-2-4-6-10/h2-9H,1H3. The molecule has 0 atom stereocenters. The van der Waals surface area contributed by atoms with Crippen molar-refractivity contribution in [2.45, 2.75) is 0 Å². The molecular weight excluding hydrogens is 242 g/mol. The van der Waals surface area contributed by atoms with Crippen molar-refractivity contribution in [1.29, 1.82) is 0 Å². The monoisotopic (exact) mass is 253 g/mol. The second-order valence-corrected chi connectivity index (χ2v) is 4.06. The molecule has 0 spiro atoms. The number of nitrogens with zero attached hydrogens (tertiary/aromatic N) is 1. The molecule has 1 heterocycles. The zero-order valence-corrected chi connectivity index (χ0v) is 10.3. The molecule has 0 saturated heterocycles. The largest absolute Gasteiger partial charge is 0.462 e. The number of oxazole rings is 1. The summed E-state index contributed by atoms with van der Waals surface area (Å²) in [5.74, 6) is -0.597. The van der Waals surface area contributed by atoms with Crippen LogP contribution >= 0.6 is 0 Å². The minimum atomic E-state index is -0.572. The average molecular weight is 253 g/mol. The maximum atomic E-state index is 11.4. The van der Waals surface area contributed by atoms with Gasteiger partial charge in [-0.25, -0.2) is 9.78 Å². The van der Waals surface area contributed by atoms with Gasteiger partial charge in [-0.05, 0) is 23.3 Å². The third kappa shape index (κ3) is 2.08. The molecule has 0 saturated carbocycles. The van der Waals surface area contributed by atoms with Gasteiger partial charge in [-0.3, -0.25) is 0 Å². The van der Waals surface area contributed by atoms with Crippen molar-refractivity contribution in [3.8, 4) is 11.1 Å². The maximum Gasteiger partial charge on any atom is 0.394 e. The van der Waals surface area contributed by atoms with Crippen molar-refractivity contribution in [3.63, 3.8) is 0 Å². The Balaban J connectivity index is 2.09. The zero-order chi connectivity index (χ0) is 13.2. The predicted octanol–water partition coefficient (Wildman–Crippen LogP) is 3.28. The van der Waals surface area contributed by atoms with E-state index in [2.05, 4.69) is 9.72 Å². The zero-order valence-electron chi connectivity index (χ0n) is 10.3. The van der Waals surface area contributed by atoms with E-state index in [1.807, 2.05) is 42.5 Å². The Morgan fingerprint density at radius 1 is 1.11 bits per heavy atom. The quantitative estimate of drug-likeness (QED) is 0.658. The lowest BCUT2D eigenvalue weighted by Crippen LogP contribution is -2.00. The molecule has 1 aromatic heterocycles. The van der Waals surface area contributed by atoms with Gasteiger partial charge >= 0.3 is 11.9 Å². The molecule has 0 N–H and O–H groups in total. The number of carbonyl (C=O) groups is 1. The SMILES string of the molecule is COC(=O)c1nc2cc(-c3ccccc3)ccc2o1. The molecule has 19 heavy (non-hydrogen) atoms. The highest BCUT2D eigenvalue weighted by Crippen LogP contribution is 2.24. The van der Waals surface area contributed by atoms with Crippen LogP contribution in [0.15, 0.2) is 52.9 Å². The fraction of sp³-hybridized carbons (Fsp3) is 0.0667. The molecule has 0 bridgehead atoms. The lowest BCUT2D eigenvalue weighted by Gasteiger charge is -1.99. The molecule has 0 radical (unpaired) electrons. The number of hydrogen-bond acceptors (Lipinski definition) is 4. The van der Waals surface area contributed by atoms with E-state index in [1.165, 1.54) is 7.11 Å². The number of ether oxygens (including phenoxy) is 1. The van der Waals surface area contributed by atoms with Crippen LogP contribution in [-0.2, 0) is 4.74 Å². The molecule has 0 amide bonds. The first-order valence-electron chi connectivity index (χ1n) is 5.82. The summed E-state index contributed by atoms with van der Waals surface area (Å²) in [6.45, 7) is 0. The van der Waals surface area contributed by atoms with E-state index in [0.29, 0.717) is 11.1 Å². The summed E-state index contributed by atoms with van der Waals surface area (Å²) >= 11 is 0. The predicted molar refractivity (Wildman–Crippen MR) is 70.8 cm³/mol. The lowest BCUT2D eigenvalue weighted by molar-refractivity contribution is 0.0558. The molecule has 94 valence electrons. The highest BCUT2D eigenvalue weighted by Gasteiger charge is 2.14. The van der Waals surface area contributed by atoms with E-state index in [-0.39, 0.29) is 5.89 Å². The van der Waals surface area contributed by atoms with E-state index in [0.717, 1.165) is 11.1 Å². The topological polar surface area (TPSA) is 52.3 Å². The second kappa shape index (κ2) is 4.57. The fourth-order valence-corrected chi connectivity index (χ4v) is 1.91. The highest BCUT2D eigenvalue weighted by molar-refractivity contribution is 5.89. The molecule has 0 aliphatic carbocycles. The maximum absolute atomic E-state index is 11.4. The van der Waals surface area contributed by atoms with Crippen molar-refractivity contribution in [3.05, 3.63) is 54.4 Å². The van der Waals surface area contributed by atoms with Gasteiger partial charge in [0.1, 0.15) is 5.52 Å². The molecule has 3 rings (SSSR count). The summed E-state index contributed by atoms with van der Waals surface area (Å²) in [6.07, 6.45) is 0. The Bertz CT molecular complexity index is 731. The third-order valence-electron chi connectivity index (χ3n) is 2.85. The lowest BCUT2D eigenvalue weighted by atomic mass is 10.1. The Hall–Kier alpha value is -2.62. The van der Waals surface area contributed by atoms with Crippen LogP contribution in [0, 0.1) is 0 Å². The number of hydrogen-bond donors (Lipinski definition) is 0. The number of fused-ring (bicyclic) bond motifs is 1. The smallest absolute Gasteiger partial charge is 0.394 e. The van der Waals surface area contributed by atoms with Crippen LogP contribution in [0.4, 0.5) is 0 Å². The van der Waals surface area contributed by atoms with Crippen LogP contribution in [-0.4, -0.2) is 18.1 Å². The minimum absolute atomic E-state index is 0.0253. The molecule has 4 heteroatoms. The minimum Gasteiger partial charge on any atom is -0.462 e. The number of aromatic nitrogens is 1. The number of methoxy groups -OCH3 is 1. The molecule has 0 unspecified atom stereocenters. The van der Waals surface area contributed by atoms with Gasteiger partial charge < -0.3 is 9.15 Å². The number of rotatable bonds is 2. The first-order valence-corrected chi connectivity index (χ1v) is 5.82. The van der Waals surface area contributed by atoms with E-state index in [1.54, 1.807) is 6.07 Å². The first kappa shape index (κ1) is 11.5. The van der Waals surface area contributed by atoms with Gasteiger partial charge in [0.25, 0.3) is 0 Å². The van der Waals surface area contributed by atoms with E-state index in [9.17, 15) is 4.79 Å². The van der Waals surface area contributed by atoms with E-state index < -0.39 is 5.97 Å². The van der Waals surface area contributed by atoms with Crippen molar-refractivity contribution in [2.24, 2.45) is 0 Å². The Morgan fingerprint density at radius 2 is 1.89 bits per heavy atom. The number of carbonyl (C=O) groups excluding carboxylic acids is 1. The molecule has 2 aromatic carbocycles. The number of esters is 1. The van der Waals surface area contributed by atoms with Crippen LogP contribution in [0.25, 0.3) is 22.2 Å². The van der Waals surface area contributed by atoms with Crippen LogP contribution in [0.2, 0.25) is 0 Å². The van der Waals surface area contributed by atoms with Gasteiger partial charge in [0.2, 0.25) is 0 Å². The van der Waals surface area contributed by atoms with Crippen LogP contribution in [0.5, 0.6) is 0 Å². The fourth-order valence-electron chi connectivity index (χ4n) is 1.91. The van der Waals surface area contributed by atoms with Gasteiger partial charge in [0, 0.05) is 0 Å². The molecular formula is C15H11NO3. The normalized spacial score (nSPS) is 10.6.